The van der Waals surface area contributed by atoms with E-state index >= 15 is 10.2 Å². The van der Waals surface area contributed by atoms with Crippen molar-refractivity contribution in [2.75, 3.05) is 0 Å². The first kappa shape index (κ1) is 39.9. The van der Waals surface area contributed by atoms with Crippen LogP contribution >= 0.6 is 0 Å². The highest BCUT2D eigenvalue weighted by molar-refractivity contribution is 6.14. The fraction of sp³-hybridized carbons (Fsp3) is 0.111. The summed E-state index contributed by atoms with van der Waals surface area (Å²) < 4.78 is 14.8. The number of fused-ring (bicyclic) bond motifs is 12. The number of hydrogen-bond acceptors (Lipinski definition) is 4. The molecule has 0 amide bonds. The van der Waals surface area contributed by atoms with Crippen LogP contribution in [-0.4, -0.2) is 28.2 Å². The van der Waals surface area contributed by atoms with Crippen LogP contribution in [-0.2, 0) is 20.7 Å². The molecule has 4 nitrogen and oxygen atoms in total. The molecule has 67 heavy (non-hydrogen) atoms. The van der Waals surface area contributed by atoms with Crippen LogP contribution in [0.1, 0.15) is 36.1 Å². The van der Waals surface area contributed by atoms with E-state index in [0.717, 1.165) is 86.2 Å². The summed E-state index contributed by atoms with van der Waals surface area (Å²) in [6, 6.07) is 75.2. The highest BCUT2D eigenvalue weighted by Gasteiger charge is 2.62. The Bertz CT molecular complexity index is 3480. The van der Waals surface area contributed by atoms with Crippen molar-refractivity contribution in [3.05, 3.63) is 241 Å². The van der Waals surface area contributed by atoms with E-state index in [1.54, 1.807) is 0 Å². The highest BCUT2D eigenvalue weighted by atomic mass is 16.8. The van der Waals surface area contributed by atoms with Crippen LogP contribution in [0, 0.1) is 0 Å². The van der Waals surface area contributed by atoms with Gasteiger partial charge in [0.25, 0.3) is 0 Å². The summed E-state index contributed by atoms with van der Waals surface area (Å²) in [5.74, 6) is -1.28. The molecule has 1 heterocycles. The summed E-state index contributed by atoms with van der Waals surface area (Å²) in [4.78, 5) is 0. The molecule has 0 radical (unpaired) electrons. The number of ether oxygens (including phenoxy) is 2. The summed E-state index contributed by atoms with van der Waals surface area (Å²) in [7, 11) is 0. The van der Waals surface area contributed by atoms with Crippen molar-refractivity contribution in [2.45, 2.75) is 43.0 Å². The van der Waals surface area contributed by atoms with Crippen molar-refractivity contribution in [3.8, 4) is 0 Å². The Balaban J connectivity index is 1.21. The molecule has 1 aliphatic heterocycles. The van der Waals surface area contributed by atoms with Crippen LogP contribution in [0.3, 0.4) is 0 Å². The van der Waals surface area contributed by atoms with E-state index in [1.807, 2.05) is 62.4 Å². The van der Waals surface area contributed by atoms with Gasteiger partial charge in [-0.1, -0.05) is 194 Å². The molecule has 1 saturated heterocycles. The molecule has 1 fully saturated rings. The molecular formula is C63H46O4. The van der Waals surface area contributed by atoms with E-state index in [-0.39, 0.29) is 0 Å². The Morgan fingerprint density at radius 3 is 0.731 bits per heavy atom. The topological polar surface area (TPSA) is 58.9 Å². The Morgan fingerprint density at radius 1 is 0.299 bits per heavy atom. The zero-order chi connectivity index (χ0) is 45.1. The first-order chi connectivity index (χ1) is 32.7. The van der Waals surface area contributed by atoms with Gasteiger partial charge in [-0.3, -0.25) is 0 Å². The van der Waals surface area contributed by atoms with Crippen molar-refractivity contribution < 1.29 is 19.7 Å². The van der Waals surface area contributed by atoms with Gasteiger partial charge in [0, 0.05) is 0 Å². The van der Waals surface area contributed by atoms with Crippen LogP contribution in [0.5, 0.6) is 0 Å². The molecule has 0 bridgehead atoms. The minimum absolute atomic E-state index is 0.660. The zero-order valence-corrected chi connectivity index (χ0v) is 37.2. The Morgan fingerprint density at radius 2 is 0.493 bits per heavy atom. The van der Waals surface area contributed by atoms with Crippen molar-refractivity contribution in [2.24, 2.45) is 0 Å². The van der Waals surface area contributed by atoms with E-state index in [1.165, 1.54) is 0 Å². The lowest BCUT2D eigenvalue weighted by Gasteiger charge is -2.44. The monoisotopic (exact) mass is 866 g/mol. The zero-order valence-electron chi connectivity index (χ0n) is 37.2. The second-order valence-electron chi connectivity index (χ2n) is 18.8. The number of rotatable bonds is 6. The normalized spacial score (nSPS) is 16.7. The fourth-order valence-corrected chi connectivity index (χ4v) is 11.8. The predicted molar refractivity (Wildman–Crippen MR) is 276 cm³/mol. The number of benzene rings is 12. The maximum atomic E-state index is 15.1. The maximum absolute atomic E-state index is 15.1. The van der Waals surface area contributed by atoms with Crippen LogP contribution in [0.25, 0.3) is 86.2 Å². The van der Waals surface area contributed by atoms with Crippen LogP contribution < -0.4 is 0 Å². The first-order valence-corrected chi connectivity index (χ1v) is 23.2. The maximum Gasteiger partial charge on any atom is 0.164 e. The van der Waals surface area contributed by atoms with Crippen LogP contribution in [0.2, 0.25) is 0 Å². The molecule has 0 saturated carbocycles. The third-order valence-electron chi connectivity index (χ3n) is 14.6. The molecule has 12 aromatic rings. The molecule has 322 valence electrons. The Hall–Kier alpha value is -7.44. The van der Waals surface area contributed by atoms with Crippen molar-refractivity contribution >= 4 is 86.2 Å². The van der Waals surface area contributed by atoms with Crippen molar-refractivity contribution in [3.63, 3.8) is 0 Å². The van der Waals surface area contributed by atoms with Crippen LogP contribution in [0.15, 0.2) is 218 Å². The molecule has 0 aliphatic carbocycles. The second kappa shape index (κ2) is 14.8. The first-order valence-electron chi connectivity index (χ1n) is 23.2. The molecule has 4 heteroatoms. The average molecular weight is 867 g/mol. The fourth-order valence-electron chi connectivity index (χ4n) is 11.8. The quantitative estimate of drug-likeness (QED) is 0.164. The lowest BCUT2D eigenvalue weighted by molar-refractivity contribution is -0.172. The Kier molecular flexibility index (Phi) is 8.80. The van der Waals surface area contributed by atoms with E-state index < -0.39 is 29.2 Å². The largest absolute Gasteiger partial charge is 0.377 e. The minimum Gasteiger partial charge on any atom is -0.377 e. The minimum atomic E-state index is -1.96. The van der Waals surface area contributed by atoms with E-state index in [0.29, 0.717) is 22.3 Å². The highest BCUT2D eigenvalue weighted by Crippen LogP contribution is 2.56. The van der Waals surface area contributed by atoms with Gasteiger partial charge in [-0.25, -0.2) is 0 Å². The van der Waals surface area contributed by atoms with Crippen molar-refractivity contribution in [1.29, 1.82) is 0 Å². The predicted octanol–water partition coefficient (Wildman–Crippen LogP) is 14.6. The summed E-state index contributed by atoms with van der Waals surface area (Å²) >= 11 is 0. The van der Waals surface area contributed by atoms with Gasteiger partial charge in [-0.05, 0) is 147 Å². The molecule has 12 aromatic carbocycles. The van der Waals surface area contributed by atoms with Gasteiger partial charge in [0.15, 0.2) is 5.79 Å². The molecule has 0 spiro atoms. The third kappa shape index (κ3) is 5.88. The molecule has 1 aliphatic rings. The van der Waals surface area contributed by atoms with Gasteiger partial charge in [0.2, 0.25) is 0 Å². The third-order valence-corrected chi connectivity index (χ3v) is 14.6. The molecule has 2 atom stereocenters. The van der Waals surface area contributed by atoms with Gasteiger partial charge < -0.3 is 19.7 Å². The Labute approximate surface area is 387 Å². The van der Waals surface area contributed by atoms with E-state index in [2.05, 4.69) is 170 Å². The van der Waals surface area contributed by atoms with Gasteiger partial charge in [0.1, 0.15) is 23.4 Å². The van der Waals surface area contributed by atoms with Gasteiger partial charge in [0.05, 0.1) is 0 Å². The molecule has 0 unspecified atom stereocenters. The smallest absolute Gasteiger partial charge is 0.164 e. The van der Waals surface area contributed by atoms with Gasteiger partial charge >= 0.3 is 0 Å². The summed E-state index contributed by atoms with van der Waals surface area (Å²) in [5, 5.41) is 45.9. The van der Waals surface area contributed by atoms with E-state index in [9.17, 15) is 0 Å². The van der Waals surface area contributed by atoms with Crippen molar-refractivity contribution in [1.82, 2.24) is 0 Å². The lowest BCUT2D eigenvalue weighted by atomic mass is 9.68. The summed E-state index contributed by atoms with van der Waals surface area (Å²) in [6.45, 7) is 3.80. The van der Waals surface area contributed by atoms with Gasteiger partial charge in [-0.2, -0.15) is 0 Å². The molecule has 2 N–H and O–H groups in total. The number of aliphatic hydroxyl groups is 2. The molecule has 13 rings (SSSR count). The molecule has 0 aromatic heterocycles. The average Bonchev–Trinajstić information content (AvgIpc) is 3.73. The summed E-state index contributed by atoms with van der Waals surface area (Å²) in [5.41, 5.74) is -1.28. The molecular weight excluding hydrogens is 821 g/mol. The SMILES string of the molecule is CC1(C)O[C@H](C(O)(c2cc3ccccc3c3ccccc23)c2cc3ccccc3c3ccccc23)[C@@H](C(O)(c2cc3ccccc3c3ccccc23)c2cc3ccccc3c3ccccc23)O1. The standard InChI is InChI=1S/C63H46O4/c1-61(2)66-59(62(64,55-35-39-19-3-7-23-43(39)47-27-11-15-31-51(47)55)56-36-40-20-4-8-24-44(40)48-28-12-16-32-52(48)56)60(67-61)63(65,57-37-41-21-5-9-25-45(41)49-29-13-17-33-53(49)57)58-38-42-22-6-10-26-46(42)50-30-14-18-34-54(50)58/h3-38,59-60,64-65H,1-2H3/t59-,60-/m0/s1. The number of hydrogen-bond donors (Lipinski definition) is 2. The van der Waals surface area contributed by atoms with Gasteiger partial charge in [-0.15, -0.1) is 0 Å². The van der Waals surface area contributed by atoms with Crippen LogP contribution in [0.4, 0.5) is 0 Å². The lowest BCUT2D eigenvalue weighted by Crippen LogP contribution is -2.55. The summed E-state index contributed by atoms with van der Waals surface area (Å²) in [6.07, 6.45) is -2.42. The second-order valence-corrected chi connectivity index (χ2v) is 18.8. The van der Waals surface area contributed by atoms with E-state index in [4.69, 9.17) is 9.47 Å².